The predicted octanol–water partition coefficient (Wildman–Crippen LogP) is 2.25. The van der Waals surface area contributed by atoms with E-state index >= 15 is 0 Å². The number of aliphatic imine (C=N–C) groups is 1. The van der Waals surface area contributed by atoms with Gasteiger partial charge < -0.3 is 24.8 Å². The predicted molar refractivity (Wildman–Crippen MR) is 100 cm³/mol. The minimum Gasteiger partial charge on any atom is -0.488 e. The first-order chi connectivity index (χ1) is 11.9. The van der Waals surface area contributed by atoms with Crippen LogP contribution < -0.4 is 15.4 Å². The molecule has 0 spiro atoms. The van der Waals surface area contributed by atoms with Crippen molar-refractivity contribution in [2.45, 2.75) is 45.4 Å². The second kappa shape index (κ2) is 9.06. The maximum atomic E-state index is 6.14. The Labute approximate surface area is 151 Å². The van der Waals surface area contributed by atoms with Crippen LogP contribution in [0.2, 0.25) is 0 Å². The van der Waals surface area contributed by atoms with Crippen LogP contribution in [0.25, 0.3) is 0 Å². The number of ether oxygens (including phenoxy) is 3. The summed E-state index contributed by atoms with van der Waals surface area (Å²) in [4.78, 5) is 4.27. The van der Waals surface area contributed by atoms with Gasteiger partial charge in [0, 0.05) is 39.2 Å². The molecular formula is C19H31N3O3. The van der Waals surface area contributed by atoms with Gasteiger partial charge in [-0.25, -0.2) is 0 Å². The maximum absolute atomic E-state index is 6.14. The lowest BCUT2D eigenvalue weighted by atomic mass is 10.1. The molecule has 1 unspecified atom stereocenters. The molecule has 6 nitrogen and oxygen atoms in total. The largest absolute Gasteiger partial charge is 0.488 e. The van der Waals surface area contributed by atoms with Gasteiger partial charge in [-0.15, -0.1) is 0 Å². The van der Waals surface area contributed by atoms with Crippen LogP contribution >= 0.6 is 0 Å². The topological polar surface area (TPSA) is 64.1 Å². The van der Waals surface area contributed by atoms with E-state index in [1.54, 1.807) is 14.2 Å². The molecule has 0 aromatic heterocycles. The minimum absolute atomic E-state index is 0.139. The first-order valence-electron chi connectivity index (χ1n) is 8.77. The molecule has 25 heavy (non-hydrogen) atoms. The standard InChI is InChI=1S/C19H31N3O3/c1-14-6-7-15(17(10-14)25-16-8-9-24-12-16)11-21-18(20-4)22-13-19(2,3)23-5/h6-7,10,16H,8-9,11-13H2,1-5H3,(H2,20,21,22). The van der Waals surface area contributed by atoms with Gasteiger partial charge in [-0.1, -0.05) is 12.1 Å². The van der Waals surface area contributed by atoms with Crippen LogP contribution in [0.1, 0.15) is 31.4 Å². The fourth-order valence-corrected chi connectivity index (χ4v) is 2.47. The molecule has 0 bridgehead atoms. The highest BCUT2D eigenvalue weighted by Crippen LogP contribution is 2.23. The van der Waals surface area contributed by atoms with Gasteiger partial charge in [0.1, 0.15) is 11.9 Å². The van der Waals surface area contributed by atoms with Crippen LogP contribution in [0.4, 0.5) is 0 Å². The van der Waals surface area contributed by atoms with Gasteiger partial charge in [-0.3, -0.25) is 4.99 Å². The molecule has 1 aromatic carbocycles. The van der Waals surface area contributed by atoms with Crippen molar-refractivity contribution < 1.29 is 14.2 Å². The summed E-state index contributed by atoms with van der Waals surface area (Å²) in [6, 6.07) is 6.28. The lowest BCUT2D eigenvalue weighted by Gasteiger charge is -2.24. The van der Waals surface area contributed by atoms with E-state index in [0.29, 0.717) is 19.7 Å². The second-order valence-corrected chi connectivity index (χ2v) is 6.96. The molecule has 0 amide bonds. The Balaban J connectivity index is 1.96. The molecule has 6 heteroatoms. The molecule has 2 rings (SSSR count). The van der Waals surface area contributed by atoms with Crippen LogP contribution in [0.15, 0.2) is 23.2 Å². The molecule has 1 aliphatic heterocycles. The number of nitrogens with zero attached hydrogens (tertiary/aromatic N) is 1. The average Bonchev–Trinajstić information content (AvgIpc) is 3.09. The SMILES string of the molecule is CN=C(NCc1ccc(C)cc1OC1CCOC1)NCC(C)(C)OC. The number of guanidine groups is 1. The van der Waals surface area contributed by atoms with Crippen molar-refractivity contribution in [1.29, 1.82) is 0 Å². The van der Waals surface area contributed by atoms with E-state index in [0.717, 1.165) is 30.3 Å². The van der Waals surface area contributed by atoms with Crippen molar-refractivity contribution in [2.75, 3.05) is 33.9 Å². The van der Waals surface area contributed by atoms with Crippen molar-refractivity contribution >= 4 is 5.96 Å². The third-order valence-electron chi connectivity index (χ3n) is 4.31. The molecule has 1 aromatic rings. The summed E-state index contributed by atoms with van der Waals surface area (Å²) in [7, 11) is 3.47. The van der Waals surface area contributed by atoms with Gasteiger partial charge in [0.2, 0.25) is 0 Å². The third-order valence-corrected chi connectivity index (χ3v) is 4.31. The van der Waals surface area contributed by atoms with E-state index in [1.807, 2.05) is 13.8 Å². The highest BCUT2D eigenvalue weighted by molar-refractivity contribution is 5.79. The van der Waals surface area contributed by atoms with E-state index < -0.39 is 0 Å². The average molecular weight is 349 g/mol. The molecule has 140 valence electrons. The molecule has 1 heterocycles. The van der Waals surface area contributed by atoms with Crippen LogP contribution in [-0.2, 0) is 16.0 Å². The normalized spacial score (nSPS) is 18.3. The van der Waals surface area contributed by atoms with E-state index in [2.05, 4.69) is 40.7 Å². The van der Waals surface area contributed by atoms with Crippen LogP contribution in [-0.4, -0.2) is 51.6 Å². The molecule has 0 aliphatic carbocycles. The summed E-state index contributed by atoms with van der Waals surface area (Å²) in [5, 5.41) is 6.63. The number of aryl methyl sites for hydroxylation is 1. The molecular weight excluding hydrogens is 318 g/mol. The zero-order valence-corrected chi connectivity index (χ0v) is 16.0. The van der Waals surface area contributed by atoms with E-state index in [4.69, 9.17) is 14.2 Å². The zero-order valence-electron chi connectivity index (χ0n) is 16.0. The van der Waals surface area contributed by atoms with Crippen molar-refractivity contribution in [3.63, 3.8) is 0 Å². The smallest absolute Gasteiger partial charge is 0.191 e. The number of nitrogens with one attached hydrogen (secondary N) is 2. The minimum atomic E-state index is -0.252. The Morgan fingerprint density at radius 3 is 2.80 bits per heavy atom. The first kappa shape index (κ1) is 19.5. The van der Waals surface area contributed by atoms with E-state index in [1.165, 1.54) is 5.56 Å². The highest BCUT2D eigenvalue weighted by Gasteiger charge is 2.19. The molecule has 1 saturated heterocycles. The number of rotatable bonds is 7. The summed E-state index contributed by atoms with van der Waals surface area (Å²) < 4.78 is 17.0. The lowest BCUT2D eigenvalue weighted by Crippen LogP contribution is -2.45. The number of methoxy groups -OCH3 is 1. The van der Waals surface area contributed by atoms with Crippen molar-refractivity contribution in [3.05, 3.63) is 29.3 Å². The van der Waals surface area contributed by atoms with Gasteiger partial charge in [-0.05, 0) is 32.4 Å². The number of hydrogen-bond acceptors (Lipinski definition) is 4. The van der Waals surface area contributed by atoms with Crippen LogP contribution in [0, 0.1) is 6.92 Å². The number of benzene rings is 1. The fraction of sp³-hybridized carbons (Fsp3) is 0.632. The van der Waals surface area contributed by atoms with Crippen molar-refractivity contribution in [2.24, 2.45) is 4.99 Å². The van der Waals surface area contributed by atoms with E-state index in [9.17, 15) is 0 Å². The molecule has 0 radical (unpaired) electrons. The van der Waals surface area contributed by atoms with Crippen molar-refractivity contribution in [3.8, 4) is 5.75 Å². The Hall–Kier alpha value is -1.79. The zero-order chi connectivity index (χ0) is 18.3. The Bertz CT molecular complexity index is 581. The molecule has 1 atom stereocenters. The van der Waals surface area contributed by atoms with Gasteiger partial charge in [-0.2, -0.15) is 0 Å². The summed E-state index contributed by atoms with van der Waals surface area (Å²) in [5.74, 6) is 1.65. The Morgan fingerprint density at radius 2 is 2.16 bits per heavy atom. The van der Waals surface area contributed by atoms with E-state index in [-0.39, 0.29) is 11.7 Å². The quantitative estimate of drug-likeness (QED) is 0.584. The molecule has 0 saturated carbocycles. The molecule has 2 N–H and O–H groups in total. The molecule has 1 aliphatic rings. The van der Waals surface area contributed by atoms with Gasteiger partial charge >= 0.3 is 0 Å². The Kier molecular flexibility index (Phi) is 7.08. The fourth-order valence-electron chi connectivity index (χ4n) is 2.47. The van der Waals surface area contributed by atoms with Crippen LogP contribution in [0.5, 0.6) is 5.75 Å². The lowest BCUT2D eigenvalue weighted by molar-refractivity contribution is 0.0268. The van der Waals surface area contributed by atoms with Crippen LogP contribution in [0.3, 0.4) is 0 Å². The Morgan fingerprint density at radius 1 is 1.36 bits per heavy atom. The van der Waals surface area contributed by atoms with Gasteiger partial charge in [0.15, 0.2) is 5.96 Å². The molecule has 1 fully saturated rings. The highest BCUT2D eigenvalue weighted by atomic mass is 16.5. The summed E-state index contributed by atoms with van der Waals surface area (Å²) in [5.41, 5.74) is 2.03. The maximum Gasteiger partial charge on any atom is 0.191 e. The monoisotopic (exact) mass is 349 g/mol. The summed E-state index contributed by atoms with van der Waals surface area (Å²) in [6.07, 6.45) is 1.08. The van der Waals surface area contributed by atoms with Gasteiger partial charge in [0.25, 0.3) is 0 Å². The number of hydrogen-bond donors (Lipinski definition) is 2. The summed E-state index contributed by atoms with van der Waals surface area (Å²) >= 11 is 0. The third kappa shape index (κ3) is 6.21. The van der Waals surface area contributed by atoms with Crippen molar-refractivity contribution in [1.82, 2.24) is 10.6 Å². The first-order valence-corrected chi connectivity index (χ1v) is 8.77. The second-order valence-electron chi connectivity index (χ2n) is 6.96. The van der Waals surface area contributed by atoms with Gasteiger partial charge in [0.05, 0.1) is 18.8 Å². The summed E-state index contributed by atoms with van der Waals surface area (Å²) in [6.45, 7) is 8.87.